The van der Waals surface area contributed by atoms with E-state index in [2.05, 4.69) is 5.32 Å². The van der Waals surface area contributed by atoms with Crippen LogP contribution < -0.4 is 19.5 Å². The van der Waals surface area contributed by atoms with E-state index in [1.54, 1.807) is 18.2 Å². The number of benzene rings is 2. The summed E-state index contributed by atoms with van der Waals surface area (Å²) in [6.45, 7) is 0.530. The number of para-hydroxylation sites is 2. The van der Waals surface area contributed by atoms with Crippen molar-refractivity contribution in [1.82, 2.24) is 5.32 Å². The molecule has 0 fully saturated rings. The van der Waals surface area contributed by atoms with Crippen molar-refractivity contribution in [1.29, 1.82) is 0 Å². The summed E-state index contributed by atoms with van der Waals surface area (Å²) in [5.74, 6) is 1.46. The highest BCUT2D eigenvalue weighted by atomic mass is 35.5. The third kappa shape index (κ3) is 4.24. The predicted molar refractivity (Wildman–Crippen MR) is 91.3 cm³/mol. The molecule has 126 valence electrons. The Morgan fingerprint density at radius 3 is 2.83 bits per heavy atom. The summed E-state index contributed by atoms with van der Waals surface area (Å²) in [7, 11) is 0. The van der Waals surface area contributed by atoms with Crippen LogP contribution in [-0.4, -0.2) is 31.8 Å². The van der Waals surface area contributed by atoms with Crippen molar-refractivity contribution in [3.8, 4) is 17.2 Å². The third-order valence-corrected chi connectivity index (χ3v) is 3.89. The summed E-state index contributed by atoms with van der Waals surface area (Å²) in [6, 6.07) is 12.2. The zero-order valence-electron chi connectivity index (χ0n) is 12.6. The first-order valence-corrected chi connectivity index (χ1v) is 8.10. The van der Waals surface area contributed by atoms with Gasteiger partial charge in [0.1, 0.15) is 18.5 Å². The molecule has 0 saturated carbocycles. The fourth-order valence-corrected chi connectivity index (χ4v) is 2.51. The zero-order valence-corrected chi connectivity index (χ0v) is 14.1. The Kier molecular flexibility index (Phi) is 5.33. The number of rotatable bonds is 5. The van der Waals surface area contributed by atoms with Gasteiger partial charge in [-0.15, -0.1) is 0 Å². The molecule has 1 aliphatic heterocycles. The molecule has 1 N–H and O–H groups in total. The molecule has 7 heteroatoms. The van der Waals surface area contributed by atoms with E-state index >= 15 is 0 Å². The van der Waals surface area contributed by atoms with Crippen LogP contribution in [0.2, 0.25) is 10.0 Å². The third-order valence-electron chi connectivity index (χ3n) is 3.35. The molecule has 2 aromatic rings. The standard InChI is InChI=1S/C17H15Cl2NO4/c18-11-5-6-13(19)16(7-11)23-10-17(21)20-8-12-9-22-14-3-1-2-4-15(14)24-12/h1-7,12H,8-10H2,(H,20,21)/t12-/m0/s1. The highest BCUT2D eigenvalue weighted by Gasteiger charge is 2.21. The van der Waals surface area contributed by atoms with Crippen molar-refractivity contribution in [2.75, 3.05) is 19.8 Å². The number of hydrogen-bond donors (Lipinski definition) is 1. The lowest BCUT2D eigenvalue weighted by molar-refractivity contribution is -0.123. The maximum absolute atomic E-state index is 11.9. The molecule has 1 amide bonds. The summed E-state index contributed by atoms with van der Waals surface area (Å²) in [5, 5.41) is 3.63. The molecule has 0 saturated heterocycles. The van der Waals surface area contributed by atoms with Crippen LogP contribution in [0, 0.1) is 0 Å². The van der Waals surface area contributed by atoms with E-state index in [1.165, 1.54) is 0 Å². The van der Waals surface area contributed by atoms with Crippen LogP contribution in [0.25, 0.3) is 0 Å². The summed E-state index contributed by atoms with van der Waals surface area (Å²) >= 11 is 11.8. The van der Waals surface area contributed by atoms with E-state index in [0.29, 0.717) is 40.4 Å². The molecule has 1 heterocycles. The van der Waals surface area contributed by atoms with Gasteiger partial charge in [0.05, 0.1) is 11.6 Å². The highest BCUT2D eigenvalue weighted by Crippen LogP contribution is 2.30. The maximum Gasteiger partial charge on any atom is 0.258 e. The Labute approximate surface area is 149 Å². The number of ether oxygens (including phenoxy) is 3. The van der Waals surface area contributed by atoms with Gasteiger partial charge in [0.2, 0.25) is 0 Å². The zero-order chi connectivity index (χ0) is 16.9. The molecule has 5 nitrogen and oxygen atoms in total. The van der Waals surface area contributed by atoms with E-state index in [-0.39, 0.29) is 18.6 Å². The minimum absolute atomic E-state index is 0.162. The van der Waals surface area contributed by atoms with Crippen molar-refractivity contribution in [2.45, 2.75) is 6.10 Å². The Morgan fingerprint density at radius 1 is 1.21 bits per heavy atom. The lowest BCUT2D eigenvalue weighted by Crippen LogP contribution is -2.42. The van der Waals surface area contributed by atoms with E-state index in [9.17, 15) is 4.79 Å². The number of carbonyl (C=O) groups is 1. The molecule has 3 rings (SSSR count). The first-order chi connectivity index (χ1) is 11.6. The van der Waals surface area contributed by atoms with Crippen molar-refractivity contribution in [3.05, 3.63) is 52.5 Å². The maximum atomic E-state index is 11.9. The van der Waals surface area contributed by atoms with Gasteiger partial charge in [-0.05, 0) is 24.3 Å². The van der Waals surface area contributed by atoms with Gasteiger partial charge in [-0.2, -0.15) is 0 Å². The minimum atomic E-state index is -0.284. The normalized spacial score (nSPS) is 15.7. The van der Waals surface area contributed by atoms with Gasteiger partial charge in [-0.1, -0.05) is 35.3 Å². The lowest BCUT2D eigenvalue weighted by atomic mass is 10.2. The quantitative estimate of drug-likeness (QED) is 0.880. The Hall–Kier alpha value is -2.11. The van der Waals surface area contributed by atoms with Gasteiger partial charge in [0.25, 0.3) is 5.91 Å². The van der Waals surface area contributed by atoms with Crippen LogP contribution in [-0.2, 0) is 4.79 Å². The summed E-state index contributed by atoms with van der Waals surface area (Å²) in [5.41, 5.74) is 0. The Balaban J connectivity index is 1.46. The van der Waals surface area contributed by atoms with Crippen molar-refractivity contribution < 1.29 is 19.0 Å². The second-order valence-corrected chi connectivity index (χ2v) is 6.01. The number of nitrogens with one attached hydrogen (secondary N) is 1. The largest absolute Gasteiger partial charge is 0.486 e. The van der Waals surface area contributed by atoms with Gasteiger partial charge < -0.3 is 19.5 Å². The molecule has 0 radical (unpaired) electrons. The van der Waals surface area contributed by atoms with E-state index < -0.39 is 0 Å². The number of hydrogen-bond acceptors (Lipinski definition) is 4. The van der Waals surface area contributed by atoms with E-state index in [0.717, 1.165) is 0 Å². The van der Waals surface area contributed by atoms with Crippen LogP contribution >= 0.6 is 23.2 Å². The number of carbonyl (C=O) groups excluding carboxylic acids is 1. The molecule has 0 bridgehead atoms. The predicted octanol–water partition coefficient (Wildman–Crippen LogP) is 3.33. The number of amides is 1. The summed E-state index contributed by atoms with van der Waals surface area (Å²) < 4.78 is 16.7. The monoisotopic (exact) mass is 367 g/mol. The summed E-state index contributed by atoms with van der Waals surface area (Å²) in [4.78, 5) is 11.9. The lowest BCUT2D eigenvalue weighted by Gasteiger charge is -2.26. The van der Waals surface area contributed by atoms with Gasteiger partial charge in [-0.25, -0.2) is 0 Å². The molecule has 2 aromatic carbocycles. The second-order valence-electron chi connectivity index (χ2n) is 5.17. The van der Waals surface area contributed by atoms with Crippen molar-refractivity contribution in [3.63, 3.8) is 0 Å². The van der Waals surface area contributed by atoms with Gasteiger partial charge in [0, 0.05) is 11.1 Å². The first-order valence-electron chi connectivity index (χ1n) is 7.35. The van der Waals surface area contributed by atoms with E-state index in [4.69, 9.17) is 37.4 Å². The van der Waals surface area contributed by atoms with Crippen LogP contribution in [0.5, 0.6) is 17.2 Å². The van der Waals surface area contributed by atoms with Gasteiger partial charge in [-0.3, -0.25) is 4.79 Å². The summed E-state index contributed by atoms with van der Waals surface area (Å²) in [6.07, 6.45) is -0.251. The second kappa shape index (κ2) is 7.64. The molecule has 1 aliphatic rings. The van der Waals surface area contributed by atoms with Gasteiger partial charge in [0.15, 0.2) is 18.1 Å². The smallest absolute Gasteiger partial charge is 0.258 e. The minimum Gasteiger partial charge on any atom is -0.486 e. The number of fused-ring (bicyclic) bond motifs is 1. The molecule has 0 spiro atoms. The van der Waals surface area contributed by atoms with Crippen LogP contribution in [0.1, 0.15) is 0 Å². The van der Waals surface area contributed by atoms with Crippen molar-refractivity contribution >= 4 is 29.1 Å². The molecule has 0 aromatic heterocycles. The average molecular weight is 368 g/mol. The number of halogens is 2. The molecule has 24 heavy (non-hydrogen) atoms. The molecule has 0 unspecified atom stereocenters. The van der Waals surface area contributed by atoms with E-state index in [1.807, 2.05) is 24.3 Å². The fraction of sp³-hybridized carbons (Fsp3) is 0.235. The molecule has 1 atom stereocenters. The Morgan fingerprint density at radius 2 is 2.00 bits per heavy atom. The van der Waals surface area contributed by atoms with Crippen molar-refractivity contribution in [2.24, 2.45) is 0 Å². The van der Waals surface area contributed by atoms with Crippen LogP contribution in [0.15, 0.2) is 42.5 Å². The fourth-order valence-electron chi connectivity index (χ4n) is 2.17. The SMILES string of the molecule is O=C(COc1cc(Cl)ccc1Cl)NC[C@H]1COc2ccccc2O1. The topological polar surface area (TPSA) is 56.8 Å². The highest BCUT2D eigenvalue weighted by molar-refractivity contribution is 6.34. The average Bonchev–Trinajstić information content (AvgIpc) is 2.60. The first kappa shape index (κ1) is 16.7. The van der Waals surface area contributed by atoms with Gasteiger partial charge >= 0.3 is 0 Å². The molecule has 0 aliphatic carbocycles. The van der Waals surface area contributed by atoms with Crippen LogP contribution in [0.4, 0.5) is 0 Å². The Bertz CT molecular complexity index is 738. The molecular formula is C17H15Cl2NO4. The molecular weight excluding hydrogens is 353 g/mol. The van der Waals surface area contributed by atoms with Crippen LogP contribution in [0.3, 0.4) is 0 Å².